The second-order valence-electron chi connectivity index (χ2n) is 2.44. The lowest BCUT2D eigenvalue weighted by Gasteiger charge is -2.00. The summed E-state index contributed by atoms with van der Waals surface area (Å²) in [4.78, 5) is 7.93. The minimum absolute atomic E-state index is 0.552. The van der Waals surface area contributed by atoms with Crippen LogP contribution in [0.2, 0.25) is 0 Å². The van der Waals surface area contributed by atoms with Gasteiger partial charge in [-0.05, 0) is 17.7 Å². The molecule has 0 atom stereocenters. The molecule has 2 aromatic heterocycles. The fraction of sp³-hybridized carbons (Fsp3) is 0.111. The third-order valence-electron chi connectivity index (χ3n) is 1.52. The minimum Gasteiger partial charge on any atom is -0.465 e. The van der Waals surface area contributed by atoms with Crippen LogP contribution in [-0.2, 0) is 6.61 Å². The smallest absolute Gasteiger partial charge is 0.273 e. The van der Waals surface area contributed by atoms with Crippen molar-refractivity contribution in [3.05, 3.63) is 41.7 Å². The number of nitrogens with zero attached hydrogens (tertiary/aromatic N) is 2. The topological polar surface area (TPSA) is 35.0 Å². The van der Waals surface area contributed by atoms with E-state index in [4.69, 9.17) is 4.74 Å². The Morgan fingerprint density at radius 3 is 2.77 bits per heavy atom. The molecular formula is C9H8N2OS. The Kier molecular flexibility index (Phi) is 2.52. The van der Waals surface area contributed by atoms with E-state index in [1.807, 2.05) is 17.5 Å². The van der Waals surface area contributed by atoms with Crippen LogP contribution in [0.15, 0.2) is 36.1 Å². The Labute approximate surface area is 80.0 Å². The predicted octanol–water partition coefficient (Wildman–Crippen LogP) is 2.12. The van der Waals surface area contributed by atoms with Crippen molar-refractivity contribution in [3.63, 3.8) is 0 Å². The number of pyridine rings is 1. The standard InChI is InChI=1S/C9H8N2OS/c1-3-10-4-2-8(1)7-12-9-11-5-6-13-9/h1-6H,7H2. The first-order valence-electron chi connectivity index (χ1n) is 3.86. The number of aromatic nitrogens is 2. The lowest BCUT2D eigenvalue weighted by molar-refractivity contribution is 0.304. The van der Waals surface area contributed by atoms with Crippen LogP contribution in [0.25, 0.3) is 0 Å². The van der Waals surface area contributed by atoms with Gasteiger partial charge in [0.05, 0.1) is 0 Å². The highest BCUT2D eigenvalue weighted by atomic mass is 32.1. The molecule has 66 valence electrons. The van der Waals surface area contributed by atoms with Crippen LogP contribution in [0.5, 0.6) is 5.19 Å². The van der Waals surface area contributed by atoms with Gasteiger partial charge in [-0.2, -0.15) is 0 Å². The molecule has 0 fully saturated rings. The summed E-state index contributed by atoms with van der Waals surface area (Å²) in [5.74, 6) is 0. The molecule has 0 saturated heterocycles. The van der Waals surface area contributed by atoms with Gasteiger partial charge in [0.15, 0.2) is 0 Å². The van der Waals surface area contributed by atoms with Crippen molar-refractivity contribution in [1.29, 1.82) is 0 Å². The molecule has 0 saturated carbocycles. The average Bonchev–Trinajstić information content (AvgIpc) is 2.69. The summed E-state index contributed by atoms with van der Waals surface area (Å²) in [5.41, 5.74) is 1.10. The van der Waals surface area contributed by atoms with Crippen LogP contribution in [0.1, 0.15) is 5.56 Å². The maximum atomic E-state index is 5.41. The van der Waals surface area contributed by atoms with Gasteiger partial charge >= 0.3 is 0 Å². The highest BCUT2D eigenvalue weighted by Gasteiger charge is 1.96. The molecule has 0 unspecified atom stereocenters. The van der Waals surface area contributed by atoms with Crippen molar-refractivity contribution in [2.45, 2.75) is 6.61 Å². The van der Waals surface area contributed by atoms with Crippen LogP contribution in [0.4, 0.5) is 0 Å². The van der Waals surface area contributed by atoms with Gasteiger partial charge in [-0.3, -0.25) is 4.98 Å². The van der Waals surface area contributed by atoms with E-state index >= 15 is 0 Å². The van der Waals surface area contributed by atoms with Crippen molar-refractivity contribution >= 4 is 11.3 Å². The van der Waals surface area contributed by atoms with Gasteiger partial charge in [-0.15, -0.1) is 0 Å². The lowest BCUT2D eigenvalue weighted by atomic mass is 10.3. The van der Waals surface area contributed by atoms with E-state index in [1.165, 1.54) is 11.3 Å². The molecule has 13 heavy (non-hydrogen) atoms. The van der Waals surface area contributed by atoms with E-state index in [2.05, 4.69) is 9.97 Å². The first-order valence-corrected chi connectivity index (χ1v) is 4.74. The van der Waals surface area contributed by atoms with Crippen LogP contribution in [0.3, 0.4) is 0 Å². The van der Waals surface area contributed by atoms with E-state index in [0.29, 0.717) is 11.8 Å². The van der Waals surface area contributed by atoms with Crippen molar-refractivity contribution in [2.24, 2.45) is 0 Å². The highest BCUT2D eigenvalue weighted by Crippen LogP contribution is 2.14. The molecule has 0 aliphatic rings. The largest absolute Gasteiger partial charge is 0.465 e. The highest BCUT2D eigenvalue weighted by molar-refractivity contribution is 7.11. The van der Waals surface area contributed by atoms with Crippen LogP contribution >= 0.6 is 11.3 Å². The number of hydrogen-bond acceptors (Lipinski definition) is 4. The van der Waals surface area contributed by atoms with E-state index in [1.54, 1.807) is 18.6 Å². The van der Waals surface area contributed by atoms with Crippen molar-refractivity contribution in [3.8, 4) is 5.19 Å². The SMILES string of the molecule is c1cc(COc2nccs2)ccn1. The van der Waals surface area contributed by atoms with Gasteiger partial charge in [-0.1, -0.05) is 11.3 Å². The van der Waals surface area contributed by atoms with E-state index in [-0.39, 0.29) is 0 Å². The summed E-state index contributed by atoms with van der Waals surface area (Å²) in [5, 5.41) is 2.60. The molecule has 0 bridgehead atoms. The van der Waals surface area contributed by atoms with Crippen molar-refractivity contribution in [2.75, 3.05) is 0 Å². The molecule has 2 aromatic rings. The van der Waals surface area contributed by atoms with Gasteiger partial charge in [0.1, 0.15) is 6.61 Å². The maximum absolute atomic E-state index is 5.41. The second-order valence-corrected chi connectivity index (χ2v) is 3.30. The molecule has 0 aliphatic heterocycles. The number of hydrogen-bond donors (Lipinski definition) is 0. The fourth-order valence-electron chi connectivity index (χ4n) is 0.906. The van der Waals surface area contributed by atoms with Crippen LogP contribution in [0, 0.1) is 0 Å². The Morgan fingerprint density at radius 2 is 2.08 bits per heavy atom. The Bertz CT molecular complexity index is 347. The van der Waals surface area contributed by atoms with Crippen molar-refractivity contribution < 1.29 is 4.74 Å². The second kappa shape index (κ2) is 4.00. The van der Waals surface area contributed by atoms with Gasteiger partial charge in [0.2, 0.25) is 0 Å². The summed E-state index contributed by atoms with van der Waals surface area (Å²) < 4.78 is 5.41. The number of ether oxygens (including phenoxy) is 1. The predicted molar refractivity (Wildman–Crippen MR) is 50.7 cm³/mol. The third-order valence-corrected chi connectivity index (χ3v) is 2.20. The van der Waals surface area contributed by atoms with Gasteiger partial charge in [-0.25, -0.2) is 4.98 Å². The Balaban J connectivity index is 1.94. The fourth-order valence-corrected chi connectivity index (χ4v) is 1.39. The monoisotopic (exact) mass is 192 g/mol. The van der Waals surface area contributed by atoms with E-state index in [9.17, 15) is 0 Å². The normalized spacial score (nSPS) is 9.85. The summed E-state index contributed by atoms with van der Waals surface area (Å²) >= 11 is 1.49. The van der Waals surface area contributed by atoms with Gasteiger partial charge < -0.3 is 4.74 Å². The average molecular weight is 192 g/mol. The molecule has 0 spiro atoms. The zero-order valence-corrected chi connectivity index (χ0v) is 7.70. The molecule has 0 aliphatic carbocycles. The van der Waals surface area contributed by atoms with Crippen LogP contribution in [-0.4, -0.2) is 9.97 Å². The quantitative estimate of drug-likeness (QED) is 0.747. The van der Waals surface area contributed by atoms with E-state index < -0.39 is 0 Å². The third kappa shape index (κ3) is 2.26. The lowest BCUT2D eigenvalue weighted by Crippen LogP contribution is -1.94. The van der Waals surface area contributed by atoms with Crippen LogP contribution < -0.4 is 4.74 Å². The summed E-state index contributed by atoms with van der Waals surface area (Å²) in [7, 11) is 0. The number of thiazole rings is 1. The molecule has 0 N–H and O–H groups in total. The molecular weight excluding hydrogens is 184 g/mol. The molecule has 0 aromatic carbocycles. The Morgan fingerprint density at radius 1 is 1.23 bits per heavy atom. The maximum Gasteiger partial charge on any atom is 0.273 e. The molecule has 4 heteroatoms. The van der Waals surface area contributed by atoms with Gasteiger partial charge in [0, 0.05) is 24.0 Å². The number of rotatable bonds is 3. The summed E-state index contributed by atoms with van der Waals surface area (Å²) in [6.07, 6.45) is 5.23. The first-order chi connectivity index (χ1) is 6.45. The molecule has 0 amide bonds. The zero-order valence-electron chi connectivity index (χ0n) is 6.88. The Hall–Kier alpha value is -1.42. The molecule has 0 radical (unpaired) electrons. The minimum atomic E-state index is 0.552. The molecule has 2 rings (SSSR count). The first kappa shape index (κ1) is 8.19. The zero-order chi connectivity index (χ0) is 8.93. The van der Waals surface area contributed by atoms with Gasteiger partial charge in [0.25, 0.3) is 5.19 Å². The van der Waals surface area contributed by atoms with Crippen molar-refractivity contribution in [1.82, 2.24) is 9.97 Å². The van der Waals surface area contributed by atoms with E-state index in [0.717, 1.165) is 5.56 Å². The summed E-state index contributed by atoms with van der Waals surface area (Å²) in [6.45, 7) is 0.552. The summed E-state index contributed by atoms with van der Waals surface area (Å²) in [6, 6.07) is 3.85. The molecule has 2 heterocycles. The molecule has 3 nitrogen and oxygen atoms in total.